The summed E-state index contributed by atoms with van der Waals surface area (Å²) in [5.41, 5.74) is 1.43. The minimum atomic E-state index is 0.574. The van der Waals surface area contributed by atoms with Crippen LogP contribution in [0.15, 0.2) is 29.4 Å². The molecule has 1 aromatic carbocycles. The minimum absolute atomic E-state index is 0.574. The molecule has 0 bridgehead atoms. The maximum absolute atomic E-state index is 8.68. The summed E-state index contributed by atoms with van der Waals surface area (Å²) < 4.78 is 10.8. The molecule has 0 saturated heterocycles. The molecule has 0 radical (unpaired) electrons. The maximum atomic E-state index is 8.68. The standard InChI is InChI=1S/C13H19NO3/c1-3-16-8-5-9-17-13-7-4-6-12(10-13)11(2)14-15/h4,6-7,10,15H,3,5,8-9H2,1-2H3. The fourth-order valence-corrected chi connectivity index (χ4v) is 1.36. The lowest BCUT2D eigenvalue weighted by molar-refractivity contribution is 0.131. The van der Waals surface area contributed by atoms with E-state index in [0.717, 1.165) is 24.3 Å². The zero-order valence-electron chi connectivity index (χ0n) is 10.3. The molecule has 0 fully saturated rings. The molecule has 1 aromatic rings. The maximum Gasteiger partial charge on any atom is 0.119 e. The topological polar surface area (TPSA) is 51.0 Å². The predicted octanol–water partition coefficient (Wildman–Crippen LogP) is 2.69. The highest BCUT2D eigenvalue weighted by molar-refractivity contribution is 5.98. The number of ether oxygens (including phenoxy) is 2. The molecule has 0 saturated carbocycles. The molecule has 0 aliphatic heterocycles. The van der Waals surface area contributed by atoms with Gasteiger partial charge in [-0.3, -0.25) is 0 Å². The first-order valence-electron chi connectivity index (χ1n) is 5.77. The molecule has 0 aromatic heterocycles. The summed E-state index contributed by atoms with van der Waals surface area (Å²) in [5, 5.41) is 11.8. The van der Waals surface area contributed by atoms with Crippen LogP contribution in [0.3, 0.4) is 0 Å². The van der Waals surface area contributed by atoms with Crippen molar-refractivity contribution in [3.63, 3.8) is 0 Å². The molecule has 0 aliphatic carbocycles. The Morgan fingerprint density at radius 2 is 2.18 bits per heavy atom. The monoisotopic (exact) mass is 237 g/mol. The number of oxime groups is 1. The smallest absolute Gasteiger partial charge is 0.119 e. The van der Waals surface area contributed by atoms with Crippen molar-refractivity contribution in [2.24, 2.45) is 5.16 Å². The SMILES string of the molecule is CCOCCCOc1cccc(C(C)=NO)c1. The molecule has 0 atom stereocenters. The highest BCUT2D eigenvalue weighted by atomic mass is 16.5. The van der Waals surface area contributed by atoms with Gasteiger partial charge in [0.1, 0.15) is 5.75 Å². The number of rotatable bonds is 7. The van der Waals surface area contributed by atoms with Crippen LogP contribution in [0.4, 0.5) is 0 Å². The average Bonchev–Trinajstić information content (AvgIpc) is 2.38. The van der Waals surface area contributed by atoms with E-state index in [2.05, 4.69) is 5.16 Å². The van der Waals surface area contributed by atoms with Crippen LogP contribution in [-0.2, 0) is 4.74 Å². The van der Waals surface area contributed by atoms with Crippen LogP contribution in [0.1, 0.15) is 25.8 Å². The quantitative estimate of drug-likeness (QED) is 0.343. The summed E-state index contributed by atoms with van der Waals surface area (Å²) in [6.45, 7) is 5.79. The molecule has 0 unspecified atom stereocenters. The van der Waals surface area contributed by atoms with Gasteiger partial charge in [-0.25, -0.2) is 0 Å². The van der Waals surface area contributed by atoms with Gasteiger partial charge in [0.05, 0.1) is 12.3 Å². The van der Waals surface area contributed by atoms with E-state index in [1.807, 2.05) is 31.2 Å². The normalized spacial score (nSPS) is 11.5. The van der Waals surface area contributed by atoms with Gasteiger partial charge in [-0.1, -0.05) is 17.3 Å². The molecular formula is C13H19NO3. The van der Waals surface area contributed by atoms with Crippen molar-refractivity contribution in [2.75, 3.05) is 19.8 Å². The van der Waals surface area contributed by atoms with Crippen LogP contribution in [-0.4, -0.2) is 30.7 Å². The van der Waals surface area contributed by atoms with Crippen LogP contribution >= 0.6 is 0 Å². The van der Waals surface area contributed by atoms with Crippen LogP contribution in [0.5, 0.6) is 5.75 Å². The third kappa shape index (κ3) is 4.87. The Bertz CT molecular complexity index is 363. The number of hydrogen-bond acceptors (Lipinski definition) is 4. The van der Waals surface area contributed by atoms with Gasteiger partial charge in [0.15, 0.2) is 0 Å². The first kappa shape index (κ1) is 13.5. The molecule has 1 N–H and O–H groups in total. The summed E-state index contributed by atoms with van der Waals surface area (Å²) in [6.07, 6.45) is 0.866. The Hall–Kier alpha value is -1.55. The predicted molar refractivity (Wildman–Crippen MR) is 67.0 cm³/mol. The van der Waals surface area contributed by atoms with Crippen molar-refractivity contribution in [2.45, 2.75) is 20.3 Å². The van der Waals surface area contributed by atoms with E-state index in [9.17, 15) is 0 Å². The van der Waals surface area contributed by atoms with E-state index in [4.69, 9.17) is 14.7 Å². The zero-order valence-corrected chi connectivity index (χ0v) is 10.3. The number of benzene rings is 1. The van der Waals surface area contributed by atoms with E-state index < -0.39 is 0 Å². The summed E-state index contributed by atoms with van der Waals surface area (Å²) in [5.74, 6) is 0.780. The largest absolute Gasteiger partial charge is 0.493 e. The zero-order chi connectivity index (χ0) is 12.5. The number of hydrogen-bond donors (Lipinski definition) is 1. The van der Waals surface area contributed by atoms with Crippen molar-refractivity contribution in [1.29, 1.82) is 0 Å². The van der Waals surface area contributed by atoms with E-state index in [0.29, 0.717) is 18.9 Å². The van der Waals surface area contributed by atoms with Gasteiger partial charge in [-0.2, -0.15) is 0 Å². The van der Waals surface area contributed by atoms with E-state index in [1.165, 1.54) is 0 Å². The summed E-state index contributed by atoms with van der Waals surface area (Å²) in [6, 6.07) is 7.49. The van der Waals surface area contributed by atoms with Crippen LogP contribution in [0, 0.1) is 0 Å². The van der Waals surface area contributed by atoms with Crippen LogP contribution in [0.25, 0.3) is 0 Å². The lowest BCUT2D eigenvalue weighted by Crippen LogP contribution is -2.03. The van der Waals surface area contributed by atoms with Crippen molar-refractivity contribution < 1.29 is 14.7 Å². The Morgan fingerprint density at radius 3 is 2.88 bits per heavy atom. The lowest BCUT2D eigenvalue weighted by Gasteiger charge is -2.07. The van der Waals surface area contributed by atoms with Crippen LogP contribution < -0.4 is 4.74 Å². The second kappa shape index (κ2) is 7.68. The Balaban J connectivity index is 2.43. The van der Waals surface area contributed by atoms with Gasteiger partial charge in [0.2, 0.25) is 0 Å². The third-order valence-electron chi connectivity index (χ3n) is 2.31. The first-order chi connectivity index (χ1) is 8.27. The molecule has 1 rings (SSSR count). The Kier molecular flexibility index (Phi) is 6.10. The molecule has 17 heavy (non-hydrogen) atoms. The van der Waals surface area contributed by atoms with Crippen molar-refractivity contribution in [3.05, 3.63) is 29.8 Å². The fraction of sp³-hybridized carbons (Fsp3) is 0.462. The second-order valence-corrected chi connectivity index (χ2v) is 3.61. The molecular weight excluding hydrogens is 218 g/mol. The molecule has 0 amide bonds. The lowest BCUT2D eigenvalue weighted by atomic mass is 10.1. The molecule has 0 spiro atoms. The molecule has 94 valence electrons. The van der Waals surface area contributed by atoms with E-state index in [1.54, 1.807) is 6.92 Å². The summed E-state index contributed by atoms with van der Waals surface area (Å²) in [4.78, 5) is 0. The molecule has 0 heterocycles. The van der Waals surface area contributed by atoms with Crippen molar-refractivity contribution in [1.82, 2.24) is 0 Å². The minimum Gasteiger partial charge on any atom is -0.493 e. The fourth-order valence-electron chi connectivity index (χ4n) is 1.36. The van der Waals surface area contributed by atoms with Gasteiger partial charge in [-0.05, 0) is 26.0 Å². The highest BCUT2D eigenvalue weighted by Gasteiger charge is 2.00. The van der Waals surface area contributed by atoms with E-state index >= 15 is 0 Å². The van der Waals surface area contributed by atoms with Gasteiger partial charge in [0.25, 0.3) is 0 Å². The average molecular weight is 237 g/mol. The van der Waals surface area contributed by atoms with E-state index in [-0.39, 0.29) is 0 Å². The third-order valence-corrected chi connectivity index (χ3v) is 2.31. The molecule has 4 nitrogen and oxygen atoms in total. The summed E-state index contributed by atoms with van der Waals surface area (Å²) in [7, 11) is 0. The Labute approximate surface area is 102 Å². The van der Waals surface area contributed by atoms with Crippen LogP contribution in [0.2, 0.25) is 0 Å². The number of nitrogens with zero attached hydrogens (tertiary/aromatic N) is 1. The molecule has 4 heteroatoms. The van der Waals surface area contributed by atoms with Crippen molar-refractivity contribution in [3.8, 4) is 5.75 Å². The highest BCUT2D eigenvalue weighted by Crippen LogP contribution is 2.14. The second-order valence-electron chi connectivity index (χ2n) is 3.61. The van der Waals surface area contributed by atoms with Gasteiger partial charge in [0, 0.05) is 25.2 Å². The molecule has 0 aliphatic rings. The Morgan fingerprint density at radius 1 is 1.35 bits per heavy atom. The van der Waals surface area contributed by atoms with Gasteiger partial charge in [-0.15, -0.1) is 0 Å². The van der Waals surface area contributed by atoms with Crippen molar-refractivity contribution >= 4 is 5.71 Å². The first-order valence-corrected chi connectivity index (χ1v) is 5.77. The summed E-state index contributed by atoms with van der Waals surface area (Å²) >= 11 is 0. The van der Waals surface area contributed by atoms with Gasteiger partial charge >= 0.3 is 0 Å². The van der Waals surface area contributed by atoms with Gasteiger partial charge < -0.3 is 14.7 Å².